The van der Waals surface area contributed by atoms with E-state index in [0.29, 0.717) is 18.9 Å². The fraction of sp³-hybridized carbons (Fsp3) is 0.667. The molecule has 0 saturated carbocycles. The van der Waals surface area contributed by atoms with Crippen molar-refractivity contribution >= 4 is 11.7 Å². The summed E-state index contributed by atoms with van der Waals surface area (Å²) in [6.45, 7) is 5.53. The molecule has 0 spiro atoms. The van der Waals surface area contributed by atoms with Crippen LogP contribution in [0.15, 0.2) is 6.33 Å². The maximum Gasteiger partial charge on any atom is 0.221 e. The van der Waals surface area contributed by atoms with Crippen molar-refractivity contribution in [2.75, 3.05) is 18.4 Å². The Morgan fingerprint density at radius 2 is 2.10 bits per heavy atom. The van der Waals surface area contributed by atoms with E-state index >= 15 is 0 Å². The number of anilines is 1. The van der Waals surface area contributed by atoms with Gasteiger partial charge in [0.15, 0.2) is 0 Å². The van der Waals surface area contributed by atoms with Crippen molar-refractivity contribution in [3.05, 3.63) is 17.6 Å². The van der Waals surface area contributed by atoms with Gasteiger partial charge in [0.2, 0.25) is 5.91 Å². The molecule has 0 aromatic carbocycles. The van der Waals surface area contributed by atoms with Crippen LogP contribution in [0.25, 0.3) is 0 Å². The van der Waals surface area contributed by atoms with E-state index in [4.69, 9.17) is 0 Å². The molecule has 0 radical (unpaired) electrons. The molecule has 1 aromatic heterocycles. The maximum atomic E-state index is 11.6. The first kappa shape index (κ1) is 14.8. The molecule has 0 bridgehead atoms. The fourth-order valence-electron chi connectivity index (χ4n) is 2.37. The van der Waals surface area contributed by atoms with Gasteiger partial charge in [0.25, 0.3) is 0 Å². The van der Waals surface area contributed by atoms with Gasteiger partial charge in [-0.25, -0.2) is 9.97 Å². The molecular weight excluding hydrogens is 252 g/mol. The molecule has 1 heterocycles. The van der Waals surface area contributed by atoms with Gasteiger partial charge >= 0.3 is 0 Å². The van der Waals surface area contributed by atoms with Gasteiger partial charge in [-0.15, -0.1) is 0 Å². The van der Waals surface area contributed by atoms with E-state index in [2.05, 4.69) is 34.4 Å². The average Bonchev–Trinajstić information content (AvgIpc) is 2.45. The Morgan fingerprint density at radius 3 is 2.90 bits per heavy atom. The first-order valence-electron chi connectivity index (χ1n) is 7.50. The summed E-state index contributed by atoms with van der Waals surface area (Å²) < 4.78 is 0. The van der Waals surface area contributed by atoms with E-state index in [1.807, 2.05) is 0 Å². The zero-order valence-electron chi connectivity index (χ0n) is 12.4. The van der Waals surface area contributed by atoms with Crippen molar-refractivity contribution in [3.63, 3.8) is 0 Å². The van der Waals surface area contributed by atoms with Crippen LogP contribution in [0.1, 0.15) is 44.4 Å². The van der Waals surface area contributed by atoms with Gasteiger partial charge in [0.05, 0.1) is 0 Å². The number of aromatic nitrogens is 2. The van der Waals surface area contributed by atoms with Crippen LogP contribution >= 0.6 is 0 Å². The first-order chi connectivity index (χ1) is 9.66. The van der Waals surface area contributed by atoms with Gasteiger partial charge in [-0.2, -0.15) is 0 Å². The number of carbonyl (C=O) groups is 1. The average molecular weight is 276 g/mol. The number of rotatable bonds is 6. The van der Waals surface area contributed by atoms with Crippen molar-refractivity contribution in [2.24, 2.45) is 5.92 Å². The zero-order chi connectivity index (χ0) is 14.4. The minimum Gasteiger partial charge on any atom is -0.369 e. The minimum absolute atomic E-state index is 0.0918. The molecule has 0 saturated heterocycles. The third-order valence-corrected chi connectivity index (χ3v) is 3.48. The molecule has 5 nitrogen and oxygen atoms in total. The number of hydrogen-bond acceptors (Lipinski definition) is 4. The molecule has 5 heteroatoms. The van der Waals surface area contributed by atoms with Crippen molar-refractivity contribution in [3.8, 4) is 0 Å². The molecule has 1 aliphatic carbocycles. The van der Waals surface area contributed by atoms with Crippen LogP contribution in [0.2, 0.25) is 0 Å². The van der Waals surface area contributed by atoms with Crippen LogP contribution in [-0.2, 0) is 17.6 Å². The molecule has 2 N–H and O–H groups in total. The lowest BCUT2D eigenvalue weighted by molar-refractivity contribution is -0.120. The Balaban J connectivity index is 1.81. The second-order valence-electron chi connectivity index (χ2n) is 5.73. The Bertz CT molecular complexity index is 459. The standard InChI is InChI=1S/C15H24N4O/c1-11(2)9-17-14(20)7-8-16-15-12-5-3-4-6-13(12)18-10-19-15/h10-11H,3-9H2,1-2H3,(H,17,20)(H,16,18,19). The first-order valence-corrected chi connectivity index (χ1v) is 7.50. The van der Waals surface area contributed by atoms with Crippen LogP contribution in [0.3, 0.4) is 0 Å². The van der Waals surface area contributed by atoms with Gasteiger partial charge in [-0.1, -0.05) is 13.8 Å². The predicted molar refractivity (Wildman–Crippen MR) is 79.6 cm³/mol. The molecule has 1 amide bonds. The number of hydrogen-bond donors (Lipinski definition) is 2. The van der Waals surface area contributed by atoms with E-state index in [0.717, 1.165) is 30.9 Å². The predicted octanol–water partition coefficient (Wildman–Crippen LogP) is 1.93. The lowest BCUT2D eigenvalue weighted by Gasteiger charge is -2.18. The Morgan fingerprint density at radius 1 is 1.30 bits per heavy atom. The second kappa shape index (κ2) is 7.22. The summed E-state index contributed by atoms with van der Waals surface area (Å²) in [4.78, 5) is 20.3. The molecule has 0 unspecified atom stereocenters. The highest BCUT2D eigenvalue weighted by molar-refractivity contribution is 5.76. The zero-order valence-corrected chi connectivity index (χ0v) is 12.4. The van der Waals surface area contributed by atoms with Gasteiger partial charge in [0.1, 0.15) is 12.1 Å². The monoisotopic (exact) mass is 276 g/mol. The summed E-state index contributed by atoms with van der Waals surface area (Å²) in [6, 6.07) is 0. The molecule has 2 rings (SSSR count). The van der Waals surface area contributed by atoms with E-state index in [1.165, 1.54) is 18.4 Å². The summed E-state index contributed by atoms with van der Waals surface area (Å²) in [7, 11) is 0. The largest absolute Gasteiger partial charge is 0.369 e. The fourth-order valence-corrected chi connectivity index (χ4v) is 2.37. The number of nitrogens with zero attached hydrogens (tertiary/aromatic N) is 2. The van der Waals surface area contributed by atoms with Crippen molar-refractivity contribution in [1.82, 2.24) is 15.3 Å². The van der Waals surface area contributed by atoms with E-state index in [1.54, 1.807) is 6.33 Å². The summed E-state index contributed by atoms with van der Waals surface area (Å²) in [6.07, 6.45) is 6.58. The third-order valence-electron chi connectivity index (χ3n) is 3.48. The molecule has 110 valence electrons. The highest BCUT2D eigenvalue weighted by Crippen LogP contribution is 2.24. The van der Waals surface area contributed by atoms with Crippen molar-refractivity contribution < 1.29 is 4.79 Å². The van der Waals surface area contributed by atoms with Crippen LogP contribution < -0.4 is 10.6 Å². The van der Waals surface area contributed by atoms with Crippen LogP contribution in [0, 0.1) is 5.92 Å². The number of nitrogens with one attached hydrogen (secondary N) is 2. The molecule has 0 aliphatic heterocycles. The molecule has 20 heavy (non-hydrogen) atoms. The topological polar surface area (TPSA) is 66.9 Å². The van der Waals surface area contributed by atoms with Crippen LogP contribution in [0.4, 0.5) is 5.82 Å². The van der Waals surface area contributed by atoms with Crippen LogP contribution in [0.5, 0.6) is 0 Å². The quantitative estimate of drug-likeness (QED) is 0.833. The number of amides is 1. The maximum absolute atomic E-state index is 11.6. The lowest BCUT2D eigenvalue weighted by Crippen LogP contribution is -2.29. The SMILES string of the molecule is CC(C)CNC(=O)CCNc1ncnc2c1CCCC2. The summed E-state index contributed by atoms with van der Waals surface area (Å²) in [5.74, 6) is 1.49. The molecule has 0 atom stereocenters. The molecule has 1 aliphatic rings. The van der Waals surface area contributed by atoms with Gasteiger partial charge < -0.3 is 10.6 Å². The molecular formula is C15H24N4O. The number of fused-ring (bicyclic) bond motifs is 1. The molecule has 1 aromatic rings. The van der Waals surface area contributed by atoms with E-state index in [-0.39, 0.29) is 5.91 Å². The summed E-state index contributed by atoms with van der Waals surface area (Å²) in [5.41, 5.74) is 2.40. The highest BCUT2D eigenvalue weighted by atomic mass is 16.1. The van der Waals surface area contributed by atoms with Gasteiger partial charge in [0, 0.05) is 30.8 Å². The van der Waals surface area contributed by atoms with E-state index < -0.39 is 0 Å². The van der Waals surface area contributed by atoms with Crippen molar-refractivity contribution in [2.45, 2.75) is 46.0 Å². The Labute approximate surface area is 120 Å². The Hall–Kier alpha value is -1.65. The normalized spacial score (nSPS) is 13.9. The van der Waals surface area contributed by atoms with Crippen LogP contribution in [-0.4, -0.2) is 29.0 Å². The summed E-state index contributed by atoms with van der Waals surface area (Å²) in [5, 5.41) is 6.20. The summed E-state index contributed by atoms with van der Waals surface area (Å²) >= 11 is 0. The Kier molecular flexibility index (Phi) is 5.32. The second-order valence-corrected chi connectivity index (χ2v) is 5.73. The molecule has 0 fully saturated rings. The lowest BCUT2D eigenvalue weighted by atomic mass is 9.96. The minimum atomic E-state index is 0.0918. The number of carbonyl (C=O) groups excluding carboxylic acids is 1. The smallest absolute Gasteiger partial charge is 0.221 e. The highest BCUT2D eigenvalue weighted by Gasteiger charge is 2.15. The van der Waals surface area contributed by atoms with Gasteiger partial charge in [-0.05, 0) is 31.6 Å². The van der Waals surface area contributed by atoms with Gasteiger partial charge in [-0.3, -0.25) is 4.79 Å². The third kappa shape index (κ3) is 4.18. The van der Waals surface area contributed by atoms with E-state index in [9.17, 15) is 4.79 Å². The number of aryl methyl sites for hydroxylation is 1. The van der Waals surface area contributed by atoms with Crippen molar-refractivity contribution in [1.29, 1.82) is 0 Å².